The first-order valence-corrected chi connectivity index (χ1v) is 7.51. The van der Waals surface area contributed by atoms with Crippen molar-refractivity contribution in [2.24, 2.45) is 0 Å². The minimum absolute atomic E-state index is 0.114. The van der Waals surface area contributed by atoms with E-state index in [1.165, 1.54) is 5.56 Å². The molecule has 3 rings (SSSR count). The third-order valence-corrected chi connectivity index (χ3v) is 4.21. The molecule has 1 saturated heterocycles. The van der Waals surface area contributed by atoms with Crippen molar-refractivity contribution in [3.05, 3.63) is 65.5 Å². The van der Waals surface area contributed by atoms with Crippen LogP contribution < -0.4 is 10.2 Å². The number of rotatable bonds is 4. The Bertz CT molecular complexity index is 597. The molecule has 0 bridgehead atoms. The van der Waals surface area contributed by atoms with E-state index >= 15 is 0 Å². The summed E-state index contributed by atoms with van der Waals surface area (Å²) in [5, 5.41) is 3.12. The molecule has 110 valence electrons. The number of hydrogen-bond acceptors (Lipinski definition) is 2. The van der Waals surface area contributed by atoms with Crippen LogP contribution >= 0.6 is 0 Å². The molecule has 2 aromatic rings. The van der Waals surface area contributed by atoms with E-state index in [4.69, 9.17) is 0 Å². The molecule has 1 aliphatic heterocycles. The van der Waals surface area contributed by atoms with E-state index in [9.17, 15) is 4.39 Å². The molecule has 0 amide bonds. The van der Waals surface area contributed by atoms with E-state index < -0.39 is 0 Å². The lowest BCUT2D eigenvalue weighted by Gasteiger charge is -2.23. The van der Waals surface area contributed by atoms with Gasteiger partial charge < -0.3 is 10.2 Å². The van der Waals surface area contributed by atoms with Crippen molar-refractivity contribution < 1.29 is 4.39 Å². The third kappa shape index (κ3) is 2.93. The summed E-state index contributed by atoms with van der Waals surface area (Å²) < 4.78 is 14.3. The van der Waals surface area contributed by atoms with Crippen LogP contribution in [0.1, 0.15) is 23.5 Å². The predicted octanol–water partition coefficient (Wildman–Crippen LogP) is 3.54. The van der Waals surface area contributed by atoms with Crippen LogP contribution in [0, 0.1) is 5.82 Å². The maximum Gasteiger partial charge on any atom is 0.146 e. The molecule has 1 heterocycles. The predicted molar refractivity (Wildman–Crippen MR) is 85.2 cm³/mol. The number of para-hydroxylation sites is 1. The minimum atomic E-state index is -0.114. The van der Waals surface area contributed by atoms with Crippen LogP contribution in [0.4, 0.5) is 10.1 Å². The van der Waals surface area contributed by atoms with Gasteiger partial charge in [0, 0.05) is 25.6 Å². The molecular weight excluding hydrogens is 263 g/mol. The molecule has 1 aliphatic rings. The Balaban J connectivity index is 1.83. The first kappa shape index (κ1) is 14.1. The lowest BCUT2D eigenvalue weighted by atomic mass is 9.99. The molecule has 0 aromatic heterocycles. The fourth-order valence-corrected chi connectivity index (χ4v) is 3.21. The Kier molecular flexibility index (Phi) is 4.20. The average Bonchev–Trinajstić information content (AvgIpc) is 2.98. The fourth-order valence-electron chi connectivity index (χ4n) is 3.21. The summed E-state index contributed by atoms with van der Waals surface area (Å²) in [6.45, 7) is 2.50. The van der Waals surface area contributed by atoms with Gasteiger partial charge >= 0.3 is 0 Å². The van der Waals surface area contributed by atoms with Gasteiger partial charge in [0.25, 0.3) is 0 Å². The second-order valence-corrected chi connectivity index (χ2v) is 5.62. The quantitative estimate of drug-likeness (QED) is 0.924. The highest BCUT2D eigenvalue weighted by Gasteiger charge is 2.26. The molecule has 0 saturated carbocycles. The normalized spacial score (nSPS) is 18.2. The molecule has 0 spiro atoms. The van der Waals surface area contributed by atoms with Crippen LogP contribution in [0.3, 0.4) is 0 Å². The summed E-state index contributed by atoms with van der Waals surface area (Å²) in [6, 6.07) is 15.9. The standard InChI is InChI=1S/C18H21FN2/c1-20-12-15-8-5-9-17(19)18(15)21-11-10-16(13-21)14-6-3-2-4-7-14/h2-9,16,20H,10-13H2,1H3. The van der Waals surface area contributed by atoms with Crippen LogP contribution in [-0.2, 0) is 6.54 Å². The van der Waals surface area contributed by atoms with Gasteiger partial charge in [0.1, 0.15) is 5.82 Å². The van der Waals surface area contributed by atoms with Crippen molar-refractivity contribution in [3.8, 4) is 0 Å². The zero-order valence-electron chi connectivity index (χ0n) is 12.3. The zero-order valence-corrected chi connectivity index (χ0v) is 12.3. The largest absolute Gasteiger partial charge is 0.368 e. The molecule has 1 unspecified atom stereocenters. The Hall–Kier alpha value is -1.87. The Morgan fingerprint density at radius 2 is 1.95 bits per heavy atom. The Labute approximate surface area is 125 Å². The summed E-state index contributed by atoms with van der Waals surface area (Å²) >= 11 is 0. The summed E-state index contributed by atoms with van der Waals surface area (Å²) in [7, 11) is 1.89. The number of halogens is 1. The lowest BCUT2D eigenvalue weighted by Crippen LogP contribution is -2.23. The van der Waals surface area contributed by atoms with Crippen LogP contribution in [0.15, 0.2) is 48.5 Å². The second kappa shape index (κ2) is 6.27. The number of nitrogens with zero attached hydrogens (tertiary/aromatic N) is 1. The van der Waals surface area contributed by atoms with Crippen molar-refractivity contribution in [1.29, 1.82) is 0 Å². The zero-order chi connectivity index (χ0) is 14.7. The highest BCUT2D eigenvalue weighted by atomic mass is 19.1. The van der Waals surface area contributed by atoms with Crippen molar-refractivity contribution in [2.45, 2.75) is 18.9 Å². The summed E-state index contributed by atoms with van der Waals surface area (Å²) in [4.78, 5) is 2.19. The molecule has 3 heteroatoms. The van der Waals surface area contributed by atoms with Crippen LogP contribution in [0.5, 0.6) is 0 Å². The first-order chi connectivity index (χ1) is 10.3. The van der Waals surface area contributed by atoms with Gasteiger partial charge in [0.15, 0.2) is 0 Å². The Morgan fingerprint density at radius 1 is 1.14 bits per heavy atom. The molecular formula is C18H21FN2. The SMILES string of the molecule is CNCc1cccc(F)c1N1CCC(c2ccccc2)C1. The molecule has 21 heavy (non-hydrogen) atoms. The van der Waals surface area contributed by atoms with Gasteiger partial charge in [-0.25, -0.2) is 4.39 Å². The molecule has 1 N–H and O–H groups in total. The highest BCUT2D eigenvalue weighted by Crippen LogP contribution is 2.34. The Morgan fingerprint density at radius 3 is 2.71 bits per heavy atom. The maximum atomic E-state index is 14.3. The third-order valence-electron chi connectivity index (χ3n) is 4.21. The van der Waals surface area contributed by atoms with Crippen LogP contribution in [0.25, 0.3) is 0 Å². The van der Waals surface area contributed by atoms with E-state index in [1.54, 1.807) is 12.1 Å². The van der Waals surface area contributed by atoms with Gasteiger partial charge in [-0.2, -0.15) is 0 Å². The van der Waals surface area contributed by atoms with E-state index in [0.29, 0.717) is 12.5 Å². The van der Waals surface area contributed by atoms with Gasteiger partial charge in [-0.3, -0.25) is 0 Å². The summed E-state index contributed by atoms with van der Waals surface area (Å²) in [5.41, 5.74) is 3.16. The van der Waals surface area contributed by atoms with Gasteiger partial charge in [-0.15, -0.1) is 0 Å². The van der Waals surface area contributed by atoms with Crippen LogP contribution in [-0.4, -0.2) is 20.1 Å². The minimum Gasteiger partial charge on any atom is -0.368 e. The van der Waals surface area contributed by atoms with Crippen molar-refractivity contribution in [2.75, 3.05) is 25.0 Å². The van der Waals surface area contributed by atoms with E-state index in [-0.39, 0.29) is 5.82 Å². The fraction of sp³-hybridized carbons (Fsp3) is 0.333. The molecule has 2 nitrogen and oxygen atoms in total. The molecule has 1 fully saturated rings. The van der Waals surface area contributed by atoms with E-state index in [1.807, 2.05) is 19.2 Å². The number of anilines is 1. The molecule has 1 atom stereocenters. The van der Waals surface area contributed by atoms with Gasteiger partial charge in [-0.1, -0.05) is 42.5 Å². The topological polar surface area (TPSA) is 15.3 Å². The summed E-state index contributed by atoms with van der Waals surface area (Å²) in [6.07, 6.45) is 1.08. The molecule has 2 aromatic carbocycles. The molecule has 0 aliphatic carbocycles. The number of benzene rings is 2. The second-order valence-electron chi connectivity index (χ2n) is 5.62. The van der Waals surface area contributed by atoms with Crippen molar-refractivity contribution in [3.63, 3.8) is 0 Å². The lowest BCUT2D eigenvalue weighted by molar-refractivity contribution is 0.618. The average molecular weight is 284 g/mol. The number of nitrogens with one attached hydrogen (secondary N) is 1. The highest BCUT2D eigenvalue weighted by molar-refractivity contribution is 5.56. The van der Waals surface area contributed by atoms with Gasteiger partial charge in [0.2, 0.25) is 0 Å². The first-order valence-electron chi connectivity index (χ1n) is 7.51. The molecule has 0 radical (unpaired) electrons. The van der Waals surface area contributed by atoms with Crippen molar-refractivity contribution >= 4 is 5.69 Å². The van der Waals surface area contributed by atoms with Crippen LogP contribution in [0.2, 0.25) is 0 Å². The van der Waals surface area contributed by atoms with E-state index in [0.717, 1.165) is 30.8 Å². The van der Waals surface area contributed by atoms with E-state index in [2.05, 4.69) is 34.5 Å². The monoisotopic (exact) mass is 284 g/mol. The maximum absolute atomic E-state index is 14.3. The van der Waals surface area contributed by atoms with Gasteiger partial charge in [0.05, 0.1) is 5.69 Å². The van der Waals surface area contributed by atoms with Gasteiger partial charge in [-0.05, 0) is 30.7 Å². The smallest absolute Gasteiger partial charge is 0.146 e. The number of hydrogen-bond donors (Lipinski definition) is 1. The summed E-state index contributed by atoms with van der Waals surface area (Å²) in [5.74, 6) is 0.379. The van der Waals surface area contributed by atoms with Crippen molar-refractivity contribution in [1.82, 2.24) is 5.32 Å².